The van der Waals surface area contributed by atoms with Crippen LogP contribution in [0.5, 0.6) is 0 Å². The van der Waals surface area contributed by atoms with Crippen molar-refractivity contribution in [3.63, 3.8) is 0 Å². The van der Waals surface area contributed by atoms with Gasteiger partial charge in [0.25, 0.3) is 0 Å². The minimum atomic E-state index is -0.340. The largest absolute Gasteiger partial charge is 0.316 e. The van der Waals surface area contributed by atoms with Gasteiger partial charge in [-0.25, -0.2) is 4.39 Å². The van der Waals surface area contributed by atoms with Gasteiger partial charge in [0.15, 0.2) is 0 Å². The maximum atomic E-state index is 13.1. The van der Waals surface area contributed by atoms with Gasteiger partial charge in [-0.15, -0.1) is 0 Å². The number of nitrogens with one attached hydrogen (secondary N) is 1. The van der Waals surface area contributed by atoms with E-state index in [1.807, 2.05) is 19.2 Å². The summed E-state index contributed by atoms with van der Waals surface area (Å²) >= 11 is 5.95. The van der Waals surface area contributed by atoms with E-state index >= 15 is 0 Å². The van der Waals surface area contributed by atoms with Gasteiger partial charge in [-0.2, -0.15) is 0 Å². The van der Waals surface area contributed by atoms with Crippen LogP contribution in [0.4, 0.5) is 4.39 Å². The summed E-state index contributed by atoms with van der Waals surface area (Å²) in [5.41, 5.74) is 2.72. The lowest BCUT2D eigenvalue weighted by Crippen LogP contribution is -2.06. The molecule has 0 spiro atoms. The van der Waals surface area contributed by atoms with Crippen molar-refractivity contribution in [3.05, 3.63) is 53.1 Å². The van der Waals surface area contributed by atoms with Crippen molar-refractivity contribution in [1.82, 2.24) is 10.3 Å². The van der Waals surface area contributed by atoms with Crippen molar-refractivity contribution < 1.29 is 4.39 Å². The number of hydrogen-bond donors (Lipinski definition) is 1. The molecule has 0 fully saturated rings. The first-order chi connectivity index (χ1) is 8.20. The molecule has 0 saturated heterocycles. The highest BCUT2D eigenvalue weighted by Crippen LogP contribution is 2.26. The molecular weight excluding hydrogens is 239 g/mol. The van der Waals surface area contributed by atoms with Crippen LogP contribution in [0.3, 0.4) is 0 Å². The molecule has 2 rings (SSSR count). The minimum absolute atomic E-state index is 0.340. The first-order valence-corrected chi connectivity index (χ1v) is 5.62. The molecule has 0 unspecified atom stereocenters. The van der Waals surface area contributed by atoms with Gasteiger partial charge in [0.1, 0.15) is 5.82 Å². The molecule has 0 aliphatic carbocycles. The second-order valence-corrected chi connectivity index (χ2v) is 4.16. The monoisotopic (exact) mass is 250 g/mol. The smallest absolute Gasteiger partial charge is 0.142 e. The second-order valence-electron chi connectivity index (χ2n) is 3.72. The number of halogens is 2. The van der Waals surface area contributed by atoms with Crippen LogP contribution < -0.4 is 5.32 Å². The zero-order valence-corrected chi connectivity index (χ0v) is 10.1. The Hall–Kier alpha value is -1.45. The van der Waals surface area contributed by atoms with Crippen LogP contribution in [-0.4, -0.2) is 12.0 Å². The standard InChI is InChI=1S/C13H12ClFN2/c1-16-6-9-4-11(14)2-3-13(9)10-5-12(15)8-17-7-10/h2-5,7-8,16H,6H2,1H3. The zero-order chi connectivity index (χ0) is 12.3. The van der Waals surface area contributed by atoms with Crippen LogP contribution in [0.1, 0.15) is 5.56 Å². The Bertz CT molecular complexity index is 529. The molecule has 0 aliphatic heterocycles. The first-order valence-electron chi connectivity index (χ1n) is 5.24. The van der Waals surface area contributed by atoms with E-state index in [0.717, 1.165) is 16.7 Å². The van der Waals surface area contributed by atoms with Crippen LogP contribution in [0.25, 0.3) is 11.1 Å². The SMILES string of the molecule is CNCc1cc(Cl)ccc1-c1cncc(F)c1. The third kappa shape index (κ3) is 2.81. The molecular formula is C13H12ClFN2. The molecule has 4 heteroatoms. The van der Waals surface area contributed by atoms with Crippen LogP contribution >= 0.6 is 11.6 Å². The lowest BCUT2D eigenvalue weighted by molar-refractivity contribution is 0.622. The van der Waals surface area contributed by atoms with Crippen LogP contribution in [0.15, 0.2) is 36.7 Å². The van der Waals surface area contributed by atoms with E-state index in [2.05, 4.69) is 10.3 Å². The number of rotatable bonds is 3. The normalized spacial score (nSPS) is 10.5. The van der Waals surface area contributed by atoms with Gasteiger partial charge in [0, 0.05) is 23.3 Å². The summed E-state index contributed by atoms with van der Waals surface area (Å²) in [5, 5.41) is 3.73. The van der Waals surface area contributed by atoms with Crippen molar-refractivity contribution in [1.29, 1.82) is 0 Å². The molecule has 0 saturated carbocycles. The number of benzene rings is 1. The zero-order valence-electron chi connectivity index (χ0n) is 9.37. The summed E-state index contributed by atoms with van der Waals surface area (Å²) in [7, 11) is 1.86. The maximum Gasteiger partial charge on any atom is 0.142 e. The van der Waals surface area contributed by atoms with Crippen LogP contribution in [0.2, 0.25) is 5.02 Å². The van der Waals surface area contributed by atoms with Crippen molar-refractivity contribution in [2.75, 3.05) is 7.05 Å². The van der Waals surface area contributed by atoms with E-state index in [4.69, 9.17) is 11.6 Å². The Balaban J connectivity index is 2.50. The van der Waals surface area contributed by atoms with E-state index < -0.39 is 0 Å². The van der Waals surface area contributed by atoms with Crippen molar-refractivity contribution in [2.45, 2.75) is 6.54 Å². The predicted octanol–water partition coefficient (Wildman–Crippen LogP) is 3.26. The second kappa shape index (κ2) is 5.25. The van der Waals surface area contributed by atoms with Gasteiger partial charge >= 0.3 is 0 Å². The molecule has 1 N–H and O–H groups in total. The Morgan fingerprint density at radius 2 is 2.12 bits per heavy atom. The third-order valence-corrected chi connectivity index (χ3v) is 2.69. The number of hydrogen-bond acceptors (Lipinski definition) is 2. The van der Waals surface area contributed by atoms with E-state index in [-0.39, 0.29) is 5.82 Å². The molecule has 2 aromatic rings. The Morgan fingerprint density at radius 3 is 2.82 bits per heavy atom. The highest BCUT2D eigenvalue weighted by molar-refractivity contribution is 6.30. The molecule has 88 valence electrons. The summed E-state index contributed by atoms with van der Waals surface area (Å²) in [4.78, 5) is 3.86. The summed E-state index contributed by atoms with van der Waals surface area (Å²) < 4.78 is 13.1. The number of nitrogens with zero attached hydrogens (tertiary/aromatic N) is 1. The highest BCUT2D eigenvalue weighted by Gasteiger charge is 2.06. The lowest BCUT2D eigenvalue weighted by Gasteiger charge is -2.09. The van der Waals surface area contributed by atoms with Crippen LogP contribution in [-0.2, 0) is 6.54 Å². The van der Waals surface area contributed by atoms with E-state index in [1.54, 1.807) is 12.3 Å². The fourth-order valence-corrected chi connectivity index (χ4v) is 1.93. The van der Waals surface area contributed by atoms with Crippen molar-refractivity contribution >= 4 is 11.6 Å². The Morgan fingerprint density at radius 1 is 1.29 bits per heavy atom. The molecule has 0 amide bonds. The van der Waals surface area contributed by atoms with Gasteiger partial charge in [-0.3, -0.25) is 4.98 Å². The van der Waals surface area contributed by atoms with Gasteiger partial charge in [0.2, 0.25) is 0 Å². The fourth-order valence-electron chi connectivity index (χ4n) is 1.74. The third-order valence-electron chi connectivity index (χ3n) is 2.45. The average molecular weight is 251 g/mol. The topological polar surface area (TPSA) is 24.9 Å². The summed E-state index contributed by atoms with van der Waals surface area (Å²) in [5.74, 6) is -0.340. The Kier molecular flexibility index (Phi) is 3.71. The molecule has 0 bridgehead atoms. The number of aromatic nitrogens is 1. The Labute approximate surface area is 104 Å². The van der Waals surface area contributed by atoms with Gasteiger partial charge in [-0.1, -0.05) is 17.7 Å². The minimum Gasteiger partial charge on any atom is -0.316 e. The summed E-state index contributed by atoms with van der Waals surface area (Å²) in [6, 6.07) is 7.01. The molecule has 17 heavy (non-hydrogen) atoms. The average Bonchev–Trinajstić information content (AvgIpc) is 2.29. The lowest BCUT2D eigenvalue weighted by atomic mass is 10.0. The van der Waals surface area contributed by atoms with E-state index in [9.17, 15) is 4.39 Å². The fraction of sp³-hybridized carbons (Fsp3) is 0.154. The quantitative estimate of drug-likeness (QED) is 0.905. The van der Waals surface area contributed by atoms with E-state index in [1.165, 1.54) is 12.3 Å². The van der Waals surface area contributed by atoms with Gasteiger partial charge in [0.05, 0.1) is 6.20 Å². The van der Waals surface area contributed by atoms with Crippen LogP contribution in [0, 0.1) is 5.82 Å². The predicted molar refractivity (Wildman–Crippen MR) is 67.4 cm³/mol. The number of pyridine rings is 1. The molecule has 1 aromatic carbocycles. The van der Waals surface area contributed by atoms with Crippen molar-refractivity contribution in [3.8, 4) is 11.1 Å². The highest BCUT2D eigenvalue weighted by atomic mass is 35.5. The maximum absolute atomic E-state index is 13.1. The van der Waals surface area contributed by atoms with Gasteiger partial charge in [-0.05, 0) is 36.4 Å². The summed E-state index contributed by atoms with van der Waals surface area (Å²) in [6.45, 7) is 0.673. The van der Waals surface area contributed by atoms with Gasteiger partial charge < -0.3 is 5.32 Å². The van der Waals surface area contributed by atoms with Crippen molar-refractivity contribution in [2.24, 2.45) is 0 Å². The molecule has 0 atom stereocenters. The molecule has 0 aliphatic rings. The van der Waals surface area contributed by atoms with E-state index in [0.29, 0.717) is 11.6 Å². The molecule has 0 radical (unpaired) electrons. The molecule has 1 heterocycles. The molecule has 1 aromatic heterocycles. The molecule has 2 nitrogen and oxygen atoms in total. The summed E-state index contributed by atoms with van der Waals surface area (Å²) in [6.07, 6.45) is 2.84. The first kappa shape index (κ1) is 12.0.